The first-order valence-electron chi connectivity index (χ1n) is 7.94. The van der Waals surface area contributed by atoms with Crippen molar-refractivity contribution in [1.82, 2.24) is 10.6 Å². The summed E-state index contributed by atoms with van der Waals surface area (Å²) in [5.74, 6) is -0.411. The Kier molecular flexibility index (Phi) is 6.52. The van der Waals surface area contributed by atoms with Gasteiger partial charge >= 0.3 is 0 Å². The molecular formula is C17H23FN2O3. The Hall–Kier alpha value is -1.95. The van der Waals surface area contributed by atoms with Gasteiger partial charge < -0.3 is 15.4 Å². The van der Waals surface area contributed by atoms with Gasteiger partial charge in [-0.2, -0.15) is 0 Å². The van der Waals surface area contributed by atoms with Gasteiger partial charge in [-0.15, -0.1) is 0 Å². The summed E-state index contributed by atoms with van der Waals surface area (Å²) in [5.41, 5.74) is 0.257. The smallest absolute Gasteiger partial charge is 0.220 e. The number of Topliss-reactive ketones (excluding diaryl/α,β-unsaturated/α-hetero) is 1. The molecule has 1 heterocycles. The van der Waals surface area contributed by atoms with Gasteiger partial charge in [0.15, 0.2) is 17.3 Å². The van der Waals surface area contributed by atoms with Crippen LogP contribution >= 0.6 is 0 Å². The zero-order valence-electron chi connectivity index (χ0n) is 13.4. The summed E-state index contributed by atoms with van der Waals surface area (Å²) in [5, 5.41) is 6.16. The lowest BCUT2D eigenvalue weighted by molar-refractivity contribution is -0.121. The van der Waals surface area contributed by atoms with Crippen LogP contribution in [0.5, 0.6) is 5.75 Å². The first-order chi connectivity index (χ1) is 11.1. The van der Waals surface area contributed by atoms with Crippen LogP contribution in [0.3, 0.4) is 0 Å². The van der Waals surface area contributed by atoms with Gasteiger partial charge in [-0.1, -0.05) is 0 Å². The van der Waals surface area contributed by atoms with Gasteiger partial charge in [0.05, 0.1) is 7.11 Å². The van der Waals surface area contributed by atoms with Crippen LogP contribution in [0.25, 0.3) is 0 Å². The number of piperidine rings is 1. The van der Waals surface area contributed by atoms with Crippen molar-refractivity contribution < 1.29 is 18.7 Å². The molecule has 1 aromatic rings. The van der Waals surface area contributed by atoms with Crippen LogP contribution in [0.1, 0.15) is 36.0 Å². The number of amides is 1. The fourth-order valence-electron chi connectivity index (χ4n) is 2.66. The molecule has 0 spiro atoms. The molecule has 23 heavy (non-hydrogen) atoms. The second-order valence-corrected chi connectivity index (χ2v) is 5.79. The third-order valence-electron chi connectivity index (χ3n) is 4.04. The molecule has 2 N–H and O–H groups in total. The highest BCUT2D eigenvalue weighted by Gasteiger charge is 2.15. The molecule has 1 atom stereocenters. The van der Waals surface area contributed by atoms with Gasteiger partial charge in [0, 0.05) is 24.9 Å². The maximum absolute atomic E-state index is 13.6. The van der Waals surface area contributed by atoms with Crippen molar-refractivity contribution in [2.45, 2.75) is 25.7 Å². The highest BCUT2D eigenvalue weighted by atomic mass is 19.1. The maximum Gasteiger partial charge on any atom is 0.220 e. The molecular weight excluding hydrogens is 299 g/mol. The number of rotatable bonds is 7. The van der Waals surface area contributed by atoms with Gasteiger partial charge in [-0.3, -0.25) is 9.59 Å². The van der Waals surface area contributed by atoms with Crippen molar-refractivity contribution in [2.75, 3.05) is 26.7 Å². The summed E-state index contributed by atoms with van der Waals surface area (Å²) in [6.07, 6.45) is 2.42. The number of hydrogen-bond donors (Lipinski definition) is 2. The lowest BCUT2D eigenvalue weighted by atomic mass is 9.99. The van der Waals surface area contributed by atoms with Crippen molar-refractivity contribution in [3.8, 4) is 5.75 Å². The molecule has 1 unspecified atom stereocenters. The van der Waals surface area contributed by atoms with Gasteiger partial charge in [-0.25, -0.2) is 4.39 Å². The highest BCUT2D eigenvalue weighted by molar-refractivity contribution is 5.98. The average Bonchev–Trinajstić information content (AvgIpc) is 2.58. The van der Waals surface area contributed by atoms with Crippen molar-refractivity contribution in [2.24, 2.45) is 5.92 Å². The average molecular weight is 322 g/mol. The van der Waals surface area contributed by atoms with E-state index in [1.54, 1.807) is 0 Å². The molecule has 0 aromatic heterocycles. The molecule has 1 aliphatic heterocycles. The second kappa shape index (κ2) is 8.62. The number of nitrogens with one attached hydrogen (secondary N) is 2. The first kappa shape index (κ1) is 17.4. The van der Waals surface area contributed by atoms with E-state index in [9.17, 15) is 14.0 Å². The van der Waals surface area contributed by atoms with E-state index in [2.05, 4.69) is 10.6 Å². The molecule has 0 bridgehead atoms. The van der Waals surface area contributed by atoms with Crippen molar-refractivity contribution in [1.29, 1.82) is 0 Å². The summed E-state index contributed by atoms with van der Waals surface area (Å²) in [7, 11) is 1.37. The summed E-state index contributed by atoms with van der Waals surface area (Å²) in [6.45, 7) is 2.60. The second-order valence-electron chi connectivity index (χ2n) is 5.79. The summed E-state index contributed by atoms with van der Waals surface area (Å²) in [4.78, 5) is 23.8. The monoisotopic (exact) mass is 322 g/mol. The van der Waals surface area contributed by atoms with Crippen LogP contribution in [-0.2, 0) is 4.79 Å². The zero-order valence-corrected chi connectivity index (χ0v) is 13.4. The standard InChI is InChI=1S/C17H23FN2O3/c1-23-16-6-4-13(9-14(16)18)15(21)5-7-17(22)20-11-12-3-2-8-19-10-12/h4,6,9,12,19H,2-3,5,7-8,10-11H2,1H3,(H,20,22). The molecule has 0 aliphatic carbocycles. The van der Waals surface area contributed by atoms with Crippen molar-refractivity contribution in [3.05, 3.63) is 29.6 Å². The highest BCUT2D eigenvalue weighted by Crippen LogP contribution is 2.18. The van der Waals surface area contributed by atoms with Crippen LogP contribution < -0.4 is 15.4 Å². The number of methoxy groups -OCH3 is 1. The van der Waals surface area contributed by atoms with Crippen LogP contribution in [0.4, 0.5) is 4.39 Å². The number of ether oxygens (including phenoxy) is 1. The molecule has 1 aromatic carbocycles. The summed E-state index contributed by atoms with van der Waals surface area (Å²) >= 11 is 0. The van der Waals surface area contributed by atoms with E-state index >= 15 is 0 Å². The summed E-state index contributed by atoms with van der Waals surface area (Å²) in [6, 6.07) is 4.07. The molecule has 2 rings (SSSR count). The predicted molar refractivity (Wildman–Crippen MR) is 85.1 cm³/mol. The molecule has 6 heteroatoms. The number of ketones is 1. The number of hydrogen-bond acceptors (Lipinski definition) is 4. The van der Waals surface area contributed by atoms with E-state index in [0.29, 0.717) is 12.5 Å². The van der Waals surface area contributed by atoms with Crippen molar-refractivity contribution in [3.63, 3.8) is 0 Å². The molecule has 1 aliphatic rings. The quantitative estimate of drug-likeness (QED) is 0.753. The van der Waals surface area contributed by atoms with Crippen LogP contribution in [0.2, 0.25) is 0 Å². The van der Waals surface area contributed by atoms with Gasteiger partial charge in [0.25, 0.3) is 0 Å². The minimum absolute atomic E-state index is 0.0700. The first-order valence-corrected chi connectivity index (χ1v) is 7.94. The van der Waals surface area contributed by atoms with Crippen LogP contribution in [-0.4, -0.2) is 38.4 Å². The van der Waals surface area contributed by atoms with Gasteiger partial charge in [0.1, 0.15) is 0 Å². The number of halogens is 1. The Morgan fingerprint density at radius 3 is 2.87 bits per heavy atom. The lowest BCUT2D eigenvalue weighted by Gasteiger charge is -2.22. The zero-order chi connectivity index (χ0) is 16.7. The van der Waals surface area contributed by atoms with Gasteiger partial charge in [0.2, 0.25) is 5.91 Å². The molecule has 126 valence electrons. The molecule has 0 saturated carbocycles. The van der Waals surface area contributed by atoms with E-state index in [4.69, 9.17) is 4.74 Å². The van der Waals surface area contributed by atoms with E-state index in [0.717, 1.165) is 32.0 Å². The van der Waals surface area contributed by atoms with E-state index in [-0.39, 0.29) is 35.8 Å². The van der Waals surface area contributed by atoms with E-state index in [1.165, 1.54) is 19.2 Å². The third-order valence-corrected chi connectivity index (χ3v) is 4.04. The summed E-state index contributed by atoms with van der Waals surface area (Å²) < 4.78 is 18.4. The molecule has 1 fully saturated rings. The maximum atomic E-state index is 13.6. The Morgan fingerprint density at radius 1 is 1.39 bits per heavy atom. The molecule has 1 saturated heterocycles. The Morgan fingerprint density at radius 2 is 2.22 bits per heavy atom. The Labute approximate surface area is 135 Å². The number of benzene rings is 1. The number of carbonyl (C=O) groups is 2. The third kappa shape index (κ3) is 5.32. The molecule has 0 radical (unpaired) electrons. The van der Waals surface area contributed by atoms with E-state index < -0.39 is 5.82 Å². The fraction of sp³-hybridized carbons (Fsp3) is 0.529. The minimum Gasteiger partial charge on any atom is -0.494 e. The van der Waals surface area contributed by atoms with Crippen molar-refractivity contribution >= 4 is 11.7 Å². The largest absolute Gasteiger partial charge is 0.494 e. The van der Waals surface area contributed by atoms with E-state index in [1.807, 2.05) is 0 Å². The number of carbonyl (C=O) groups excluding carboxylic acids is 2. The lowest BCUT2D eigenvalue weighted by Crippen LogP contribution is -2.38. The normalized spacial score (nSPS) is 17.6. The Bertz CT molecular complexity index is 557. The Balaban J connectivity index is 1.74. The minimum atomic E-state index is -0.576. The van der Waals surface area contributed by atoms with Crippen LogP contribution in [0, 0.1) is 11.7 Å². The topological polar surface area (TPSA) is 67.4 Å². The molecule has 1 amide bonds. The molecule has 5 nitrogen and oxygen atoms in total. The van der Waals surface area contributed by atoms with Gasteiger partial charge in [-0.05, 0) is 50.0 Å². The SMILES string of the molecule is COc1ccc(C(=O)CCC(=O)NCC2CCCNC2)cc1F. The van der Waals surface area contributed by atoms with Crippen LogP contribution in [0.15, 0.2) is 18.2 Å². The fourth-order valence-corrected chi connectivity index (χ4v) is 2.66. The predicted octanol–water partition coefficient (Wildman–Crippen LogP) is 1.91.